The topological polar surface area (TPSA) is 67.9 Å². The van der Waals surface area contributed by atoms with Crippen molar-refractivity contribution < 1.29 is 19.1 Å². The zero-order chi connectivity index (χ0) is 21.1. The molecule has 1 atom stereocenters. The molecule has 0 saturated heterocycles. The molecule has 6 heteroatoms. The summed E-state index contributed by atoms with van der Waals surface area (Å²) in [6, 6.07) is 15.4. The first-order chi connectivity index (χ1) is 14.5. The van der Waals surface area contributed by atoms with E-state index < -0.39 is 5.41 Å². The largest absolute Gasteiger partial charge is 0.491 e. The number of carbonyl (C=O) groups excluding carboxylic acids is 2. The fraction of sp³-hybridized carbons (Fsp3) is 0.417. The number of hydrogen-bond donors (Lipinski definition) is 1. The van der Waals surface area contributed by atoms with Crippen LogP contribution in [-0.4, -0.2) is 49.6 Å². The van der Waals surface area contributed by atoms with Gasteiger partial charge >= 0.3 is 0 Å². The quantitative estimate of drug-likeness (QED) is 0.747. The number of hydrogen-bond acceptors (Lipinski definition) is 4. The number of benzene rings is 2. The van der Waals surface area contributed by atoms with E-state index in [0.717, 1.165) is 29.7 Å². The van der Waals surface area contributed by atoms with Crippen LogP contribution >= 0.6 is 0 Å². The Morgan fingerprint density at radius 2 is 1.97 bits per heavy atom. The fourth-order valence-electron chi connectivity index (χ4n) is 4.05. The molecule has 2 amide bonds. The van der Waals surface area contributed by atoms with Crippen molar-refractivity contribution in [1.29, 1.82) is 0 Å². The van der Waals surface area contributed by atoms with E-state index in [1.165, 1.54) is 0 Å². The Bertz CT molecular complexity index is 924. The first-order valence-electron chi connectivity index (χ1n) is 10.4. The molecule has 0 aromatic heterocycles. The maximum Gasteiger partial charge on any atom is 0.251 e. The normalized spacial score (nSPS) is 19.3. The van der Waals surface area contributed by atoms with Crippen LogP contribution < -0.4 is 10.1 Å². The second-order valence-electron chi connectivity index (χ2n) is 8.11. The summed E-state index contributed by atoms with van der Waals surface area (Å²) < 4.78 is 11.0. The molecule has 2 aromatic rings. The van der Waals surface area contributed by atoms with Gasteiger partial charge in [-0.25, -0.2) is 0 Å². The molecule has 30 heavy (non-hydrogen) atoms. The molecule has 0 spiro atoms. The summed E-state index contributed by atoms with van der Waals surface area (Å²) in [6.45, 7) is 3.79. The number of methoxy groups -OCH3 is 1. The Morgan fingerprint density at radius 3 is 2.67 bits per heavy atom. The predicted octanol–water partition coefficient (Wildman–Crippen LogP) is 2.90. The van der Waals surface area contributed by atoms with Gasteiger partial charge in [-0.2, -0.15) is 0 Å². The molecule has 6 nitrogen and oxygen atoms in total. The van der Waals surface area contributed by atoms with E-state index >= 15 is 0 Å². The standard InChI is InChI=1S/C24H28N2O4/c1-17-16-30-21-9-8-18(22(27)25-12-13-29-2)14-19(21)15-26(17)23(28)24(10-11-24)20-6-4-3-5-7-20/h3-9,14,17H,10-13,15-16H2,1-2H3,(H,25,27)/t17-/m0/s1. The second-order valence-corrected chi connectivity index (χ2v) is 8.11. The summed E-state index contributed by atoms with van der Waals surface area (Å²) in [4.78, 5) is 28.0. The Labute approximate surface area is 177 Å². The summed E-state index contributed by atoms with van der Waals surface area (Å²) in [7, 11) is 1.60. The lowest BCUT2D eigenvalue weighted by atomic mass is 9.93. The molecule has 1 aliphatic carbocycles. The van der Waals surface area contributed by atoms with Gasteiger partial charge in [0.2, 0.25) is 5.91 Å². The molecule has 158 valence electrons. The molecule has 1 saturated carbocycles. The van der Waals surface area contributed by atoms with Gasteiger partial charge < -0.3 is 19.7 Å². The molecular weight excluding hydrogens is 380 g/mol. The average Bonchev–Trinajstić information content (AvgIpc) is 3.59. The van der Waals surface area contributed by atoms with Gasteiger partial charge in [0.25, 0.3) is 5.91 Å². The van der Waals surface area contributed by atoms with Crippen molar-refractivity contribution in [3.05, 3.63) is 65.2 Å². The highest BCUT2D eigenvalue weighted by molar-refractivity contribution is 5.95. The van der Waals surface area contributed by atoms with E-state index in [1.807, 2.05) is 54.3 Å². The predicted molar refractivity (Wildman–Crippen MR) is 114 cm³/mol. The van der Waals surface area contributed by atoms with Gasteiger partial charge in [-0.05, 0) is 43.5 Å². The Morgan fingerprint density at radius 1 is 1.20 bits per heavy atom. The van der Waals surface area contributed by atoms with Crippen LogP contribution in [0.4, 0.5) is 0 Å². The molecule has 1 heterocycles. The number of rotatable bonds is 6. The van der Waals surface area contributed by atoms with Crippen LogP contribution in [0.5, 0.6) is 5.75 Å². The van der Waals surface area contributed by atoms with Gasteiger partial charge in [0.05, 0.1) is 18.1 Å². The minimum atomic E-state index is -0.421. The third kappa shape index (κ3) is 3.92. The first-order valence-corrected chi connectivity index (χ1v) is 10.4. The number of amides is 2. The molecule has 0 unspecified atom stereocenters. The van der Waals surface area contributed by atoms with Gasteiger partial charge in [0.15, 0.2) is 0 Å². The molecule has 1 aliphatic heterocycles. The lowest BCUT2D eigenvalue weighted by Gasteiger charge is -2.30. The van der Waals surface area contributed by atoms with Crippen molar-refractivity contribution in [3.8, 4) is 5.75 Å². The van der Waals surface area contributed by atoms with E-state index in [0.29, 0.717) is 31.9 Å². The van der Waals surface area contributed by atoms with Crippen LogP contribution in [0.25, 0.3) is 0 Å². The van der Waals surface area contributed by atoms with E-state index in [2.05, 4.69) is 5.32 Å². The summed E-state index contributed by atoms with van der Waals surface area (Å²) in [6.07, 6.45) is 1.74. The van der Waals surface area contributed by atoms with Crippen molar-refractivity contribution in [2.45, 2.75) is 37.8 Å². The lowest BCUT2D eigenvalue weighted by Crippen LogP contribution is -2.45. The Balaban J connectivity index is 1.57. The number of nitrogens with one attached hydrogen (secondary N) is 1. The van der Waals surface area contributed by atoms with Gasteiger partial charge in [-0.3, -0.25) is 9.59 Å². The van der Waals surface area contributed by atoms with Crippen LogP contribution in [0.15, 0.2) is 48.5 Å². The molecule has 2 aromatic carbocycles. The van der Waals surface area contributed by atoms with Gasteiger partial charge in [-0.15, -0.1) is 0 Å². The highest BCUT2D eigenvalue weighted by atomic mass is 16.5. The fourth-order valence-corrected chi connectivity index (χ4v) is 4.05. The third-order valence-electron chi connectivity index (χ3n) is 6.01. The van der Waals surface area contributed by atoms with Gasteiger partial charge in [0.1, 0.15) is 12.4 Å². The number of ether oxygens (including phenoxy) is 2. The Kier molecular flexibility index (Phi) is 5.77. The minimum Gasteiger partial charge on any atom is -0.491 e. The summed E-state index contributed by atoms with van der Waals surface area (Å²) in [5.74, 6) is 0.718. The maximum atomic E-state index is 13.6. The molecule has 1 N–H and O–H groups in total. The molecule has 2 aliphatic rings. The highest BCUT2D eigenvalue weighted by Crippen LogP contribution is 2.50. The zero-order valence-corrected chi connectivity index (χ0v) is 17.5. The minimum absolute atomic E-state index is 0.0509. The number of fused-ring (bicyclic) bond motifs is 1. The van der Waals surface area contributed by atoms with Crippen LogP contribution in [0.2, 0.25) is 0 Å². The van der Waals surface area contributed by atoms with Crippen molar-refractivity contribution >= 4 is 11.8 Å². The second kappa shape index (κ2) is 8.48. The first kappa shape index (κ1) is 20.4. The van der Waals surface area contributed by atoms with Crippen LogP contribution in [-0.2, 0) is 21.5 Å². The van der Waals surface area contributed by atoms with Crippen molar-refractivity contribution in [2.24, 2.45) is 0 Å². The van der Waals surface area contributed by atoms with Crippen LogP contribution in [0.3, 0.4) is 0 Å². The van der Waals surface area contributed by atoms with Crippen molar-refractivity contribution in [3.63, 3.8) is 0 Å². The third-order valence-corrected chi connectivity index (χ3v) is 6.01. The van der Waals surface area contributed by atoms with E-state index in [9.17, 15) is 9.59 Å². The highest BCUT2D eigenvalue weighted by Gasteiger charge is 2.53. The maximum absolute atomic E-state index is 13.6. The lowest BCUT2D eigenvalue weighted by molar-refractivity contribution is -0.137. The zero-order valence-electron chi connectivity index (χ0n) is 17.5. The van der Waals surface area contributed by atoms with E-state index in [4.69, 9.17) is 9.47 Å². The molecule has 0 radical (unpaired) electrons. The van der Waals surface area contributed by atoms with E-state index in [-0.39, 0.29) is 17.9 Å². The average molecular weight is 408 g/mol. The van der Waals surface area contributed by atoms with Crippen LogP contribution in [0, 0.1) is 0 Å². The van der Waals surface area contributed by atoms with E-state index in [1.54, 1.807) is 13.2 Å². The summed E-state index contributed by atoms with van der Waals surface area (Å²) in [5.41, 5.74) is 2.07. The van der Waals surface area contributed by atoms with Crippen molar-refractivity contribution in [1.82, 2.24) is 10.2 Å². The monoisotopic (exact) mass is 408 g/mol. The van der Waals surface area contributed by atoms with Gasteiger partial charge in [0, 0.05) is 31.3 Å². The van der Waals surface area contributed by atoms with Crippen molar-refractivity contribution in [2.75, 3.05) is 26.9 Å². The van der Waals surface area contributed by atoms with Crippen LogP contribution in [0.1, 0.15) is 41.3 Å². The molecule has 0 bridgehead atoms. The number of carbonyl (C=O) groups is 2. The molecule has 1 fully saturated rings. The molecule has 4 rings (SSSR count). The Hall–Kier alpha value is -2.86. The summed E-state index contributed by atoms with van der Waals surface area (Å²) in [5, 5.41) is 2.84. The molecular formula is C24H28N2O4. The SMILES string of the molecule is COCCNC(=O)c1ccc2c(c1)CN(C(=O)C1(c3ccccc3)CC1)[C@@H](C)CO2. The summed E-state index contributed by atoms with van der Waals surface area (Å²) >= 11 is 0. The smallest absolute Gasteiger partial charge is 0.251 e. The number of nitrogens with zero attached hydrogens (tertiary/aromatic N) is 1. The van der Waals surface area contributed by atoms with Gasteiger partial charge in [-0.1, -0.05) is 30.3 Å².